The SMILES string of the molecule is Cc1ccc(NC(=O)COC2CCC(C(=O)O)CC2)cc1. The number of amides is 1. The van der Waals surface area contributed by atoms with Crippen LogP contribution in [0.4, 0.5) is 5.69 Å². The summed E-state index contributed by atoms with van der Waals surface area (Å²) in [5.41, 5.74) is 1.89. The molecule has 0 bridgehead atoms. The number of carboxylic acid groups (broad SMARTS) is 1. The quantitative estimate of drug-likeness (QED) is 0.874. The summed E-state index contributed by atoms with van der Waals surface area (Å²) in [7, 11) is 0. The van der Waals surface area contributed by atoms with Gasteiger partial charge in [0, 0.05) is 5.69 Å². The van der Waals surface area contributed by atoms with Crippen LogP contribution in [0.15, 0.2) is 24.3 Å². The molecule has 5 nitrogen and oxygen atoms in total. The first-order valence-corrected chi connectivity index (χ1v) is 7.25. The zero-order chi connectivity index (χ0) is 15.2. The first-order valence-electron chi connectivity index (χ1n) is 7.25. The largest absolute Gasteiger partial charge is 0.481 e. The van der Waals surface area contributed by atoms with E-state index < -0.39 is 5.97 Å². The molecule has 0 spiro atoms. The number of ether oxygens (including phenoxy) is 1. The number of carboxylic acids is 1. The Labute approximate surface area is 124 Å². The second-order valence-electron chi connectivity index (χ2n) is 5.54. The molecule has 5 heteroatoms. The smallest absolute Gasteiger partial charge is 0.306 e. The third-order valence-electron chi connectivity index (χ3n) is 3.81. The molecule has 0 atom stereocenters. The van der Waals surface area contributed by atoms with Crippen molar-refractivity contribution in [2.24, 2.45) is 5.92 Å². The van der Waals surface area contributed by atoms with E-state index in [1.165, 1.54) is 0 Å². The number of anilines is 1. The van der Waals surface area contributed by atoms with E-state index in [2.05, 4.69) is 5.32 Å². The minimum atomic E-state index is -0.731. The molecule has 2 rings (SSSR count). The molecule has 1 aliphatic carbocycles. The molecule has 21 heavy (non-hydrogen) atoms. The lowest BCUT2D eigenvalue weighted by Gasteiger charge is -2.25. The highest BCUT2D eigenvalue weighted by atomic mass is 16.5. The summed E-state index contributed by atoms with van der Waals surface area (Å²) in [5.74, 6) is -1.17. The number of carbonyl (C=O) groups excluding carboxylic acids is 1. The number of aliphatic carboxylic acids is 1. The van der Waals surface area contributed by atoms with Crippen molar-refractivity contribution in [3.05, 3.63) is 29.8 Å². The highest BCUT2D eigenvalue weighted by Crippen LogP contribution is 2.26. The predicted molar refractivity (Wildman–Crippen MR) is 79.1 cm³/mol. The van der Waals surface area contributed by atoms with Gasteiger partial charge in [-0.2, -0.15) is 0 Å². The monoisotopic (exact) mass is 291 g/mol. The minimum Gasteiger partial charge on any atom is -0.481 e. The Bertz CT molecular complexity index is 490. The molecular formula is C16H21NO4. The summed E-state index contributed by atoms with van der Waals surface area (Å²) >= 11 is 0. The molecule has 1 aromatic rings. The van der Waals surface area contributed by atoms with E-state index in [4.69, 9.17) is 9.84 Å². The van der Waals surface area contributed by atoms with Gasteiger partial charge in [-0.15, -0.1) is 0 Å². The Hall–Kier alpha value is -1.88. The number of hydrogen-bond acceptors (Lipinski definition) is 3. The lowest BCUT2D eigenvalue weighted by atomic mass is 9.87. The van der Waals surface area contributed by atoms with Crippen LogP contribution >= 0.6 is 0 Å². The van der Waals surface area contributed by atoms with Crippen LogP contribution in [-0.2, 0) is 14.3 Å². The molecular weight excluding hydrogens is 270 g/mol. The van der Waals surface area contributed by atoms with Crippen molar-refractivity contribution in [2.45, 2.75) is 38.7 Å². The summed E-state index contributed by atoms with van der Waals surface area (Å²) in [6.45, 7) is 2.00. The Morgan fingerprint density at radius 1 is 1.19 bits per heavy atom. The van der Waals surface area contributed by atoms with Crippen LogP contribution in [-0.4, -0.2) is 29.7 Å². The molecule has 0 aliphatic heterocycles. The number of nitrogens with one attached hydrogen (secondary N) is 1. The van der Waals surface area contributed by atoms with E-state index in [-0.39, 0.29) is 24.5 Å². The zero-order valence-electron chi connectivity index (χ0n) is 12.2. The van der Waals surface area contributed by atoms with E-state index in [0.29, 0.717) is 25.7 Å². The number of aryl methyl sites for hydroxylation is 1. The van der Waals surface area contributed by atoms with Crippen LogP contribution in [0.1, 0.15) is 31.2 Å². The maximum absolute atomic E-state index is 11.8. The summed E-state index contributed by atoms with van der Waals surface area (Å²) < 4.78 is 5.56. The second kappa shape index (κ2) is 7.22. The molecule has 0 unspecified atom stereocenters. The molecule has 1 fully saturated rings. The molecule has 1 saturated carbocycles. The van der Waals surface area contributed by atoms with Crippen molar-refractivity contribution >= 4 is 17.6 Å². The molecule has 0 heterocycles. The number of carbonyl (C=O) groups is 2. The molecule has 1 amide bonds. The molecule has 114 valence electrons. The van der Waals surface area contributed by atoms with Gasteiger partial charge in [0.1, 0.15) is 6.61 Å². The van der Waals surface area contributed by atoms with E-state index in [0.717, 1.165) is 11.3 Å². The number of benzene rings is 1. The van der Waals surface area contributed by atoms with Gasteiger partial charge >= 0.3 is 5.97 Å². The first kappa shape index (κ1) is 15.5. The molecule has 1 aliphatic rings. The van der Waals surface area contributed by atoms with Gasteiger partial charge in [-0.1, -0.05) is 17.7 Å². The van der Waals surface area contributed by atoms with Gasteiger partial charge < -0.3 is 15.2 Å². The predicted octanol–water partition coefficient (Wildman–Crippen LogP) is 2.59. The summed E-state index contributed by atoms with van der Waals surface area (Å²) in [4.78, 5) is 22.6. The van der Waals surface area contributed by atoms with Crippen molar-refractivity contribution in [3.8, 4) is 0 Å². The number of rotatable bonds is 5. The average Bonchev–Trinajstić information content (AvgIpc) is 2.48. The standard InChI is InChI=1S/C16H21NO4/c1-11-2-6-13(7-3-11)17-15(18)10-21-14-8-4-12(5-9-14)16(19)20/h2-3,6-7,12,14H,4-5,8-10H2,1H3,(H,17,18)(H,19,20). The zero-order valence-corrected chi connectivity index (χ0v) is 12.2. The second-order valence-corrected chi connectivity index (χ2v) is 5.54. The molecule has 0 saturated heterocycles. The van der Waals surface area contributed by atoms with Crippen molar-refractivity contribution in [1.29, 1.82) is 0 Å². The minimum absolute atomic E-state index is 0.00984. The normalized spacial score (nSPS) is 21.8. The van der Waals surface area contributed by atoms with Gasteiger partial charge in [-0.3, -0.25) is 9.59 Å². The topological polar surface area (TPSA) is 75.6 Å². The highest BCUT2D eigenvalue weighted by Gasteiger charge is 2.26. The molecule has 1 aromatic carbocycles. The van der Waals surface area contributed by atoms with Crippen LogP contribution in [0.25, 0.3) is 0 Å². The van der Waals surface area contributed by atoms with Gasteiger partial charge in [0.25, 0.3) is 0 Å². The molecule has 2 N–H and O–H groups in total. The van der Waals surface area contributed by atoms with Gasteiger partial charge in [0.15, 0.2) is 0 Å². The van der Waals surface area contributed by atoms with Crippen molar-refractivity contribution in [3.63, 3.8) is 0 Å². The molecule has 0 aromatic heterocycles. The third kappa shape index (κ3) is 4.86. The van der Waals surface area contributed by atoms with E-state index in [1.54, 1.807) is 0 Å². The highest BCUT2D eigenvalue weighted by molar-refractivity contribution is 5.91. The average molecular weight is 291 g/mol. The van der Waals surface area contributed by atoms with Crippen LogP contribution < -0.4 is 5.32 Å². The Kier molecular flexibility index (Phi) is 5.33. The van der Waals surface area contributed by atoms with Gasteiger partial charge in [-0.25, -0.2) is 0 Å². The maximum Gasteiger partial charge on any atom is 0.306 e. The van der Waals surface area contributed by atoms with Gasteiger partial charge in [-0.05, 0) is 44.7 Å². The summed E-state index contributed by atoms with van der Waals surface area (Å²) in [6.07, 6.45) is 2.65. The van der Waals surface area contributed by atoms with Crippen LogP contribution in [0.2, 0.25) is 0 Å². The van der Waals surface area contributed by atoms with Crippen molar-refractivity contribution in [2.75, 3.05) is 11.9 Å². The fraction of sp³-hybridized carbons (Fsp3) is 0.500. The number of hydrogen-bond donors (Lipinski definition) is 2. The maximum atomic E-state index is 11.8. The van der Waals surface area contributed by atoms with Crippen molar-refractivity contribution in [1.82, 2.24) is 0 Å². The lowest BCUT2D eigenvalue weighted by molar-refractivity contribution is -0.144. The summed E-state index contributed by atoms with van der Waals surface area (Å²) in [6, 6.07) is 7.57. The first-order chi connectivity index (χ1) is 10.0. The fourth-order valence-electron chi connectivity index (χ4n) is 2.50. The van der Waals surface area contributed by atoms with E-state index >= 15 is 0 Å². The van der Waals surface area contributed by atoms with Gasteiger partial charge in [0.2, 0.25) is 5.91 Å². The Balaban J connectivity index is 1.70. The Morgan fingerprint density at radius 2 is 1.81 bits per heavy atom. The third-order valence-corrected chi connectivity index (χ3v) is 3.81. The lowest BCUT2D eigenvalue weighted by Crippen LogP contribution is -2.29. The van der Waals surface area contributed by atoms with Crippen LogP contribution in [0, 0.1) is 12.8 Å². The summed E-state index contributed by atoms with van der Waals surface area (Å²) in [5, 5.41) is 11.7. The van der Waals surface area contributed by atoms with Crippen LogP contribution in [0.3, 0.4) is 0 Å². The van der Waals surface area contributed by atoms with Gasteiger partial charge in [0.05, 0.1) is 12.0 Å². The van der Waals surface area contributed by atoms with E-state index in [9.17, 15) is 9.59 Å². The fourth-order valence-corrected chi connectivity index (χ4v) is 2.50. The Morgan fingerprint density at radius 3 is 2.38 bits per heavy atom. The molecule has 0 radical (unpaired) electrons. The van der Waals surface area contributed by atoms with Crippen molar-refractivity contribution < 1.29 is 19.4 Å². The van der Waals surface area contributed by atoms with E-state index in [1.807, 2.05) is 31.2 Å². The van der Waals surface area contributed by atoms with Crippen LogP contribution in [0.5, 0.6) is 0 Å².